The largest absolute Gasteiger partial charge is 0.396 e. The molecular formula is C13H19ClN4. The van der Waals surface area contributed by atoms with E-state index in [9.17, 15) is 0 Å². The normalized spacial score (nSPS) is 28.1. The zero-order valence-electron chi connectivity index (χ0n) is 10.4. The number of pyridine rings is 1. The summed E-state index contributed by atoms with van der Waals surface area (Å²) in [5, 5.41) is 4.09. The van der Waals surface area contributed by atoms with E-state index in [0.717, 1.165) is 5.82 Å². The third kappa shape index (κ3) is 2.27. The number of nitrogens with two attached hydrogens (primary N) is 1. The molecule has 0 amide bonds. The molecule has 3 N–H and O–H groups in total. The molecule has 2 saturated heterocycles. The number of anilines is 2. The maximum Gasteiger partial charge on any atom is 0.149 e. The van der Waals surface area contributed by atoms with Gasteiger partial charge in [-0.1, -0.05) is 18.0 Å². The summed E-state index contributed by atoms with van der Waals surface area (Å²) < 4.78 is 0. The molecule has 1 aromatic rings. The van der Waals surface area contributed by atoms with E-state index < -0.39 is 0 Å². The number of nitrogens with zero attached hydrogens (tertiary/aromatic N) is 2. The predicted molar refractivity (Wildman–Crippen MR) is 74.9 cm³/mol. The zero-order valence-corrected chi connectivity index (χ0v) is 11.2. The molecule has 3 rings (SSSR count). The van der Waals surface area contributed by atoms with Gasteiger partial charge in [0.1, 0.15) is 5.82 Å². The lowest BCUT2D eigenvalue weighted by Crippen LogP contribution is -2.41. The second kappa shape index (κ2) is 4.94. The van der Waals surface area contributed by atoms with Crippen LogP contribution in [0.2, 0.25) is 5.02 Å². The molecular weight excluding hydrogens is 248 g/mol. The first-order chi connectivity index (χ1) is 8.74. The minimum Gasteiger partial charge on any atom is -0.396 e. The van der Waals surface area contributed by atoms with Crippen molar-refractivity contribution >= 4 is 23.1 Å². The molecule has 2 aliphatic rings. The van der Waals surface area contributed by atoms with Gasteiger partial charge in [0.05, 0.1) is 10.7 Å². The highest BCUT2D eigenvalue weighted by molar-refractivity contribution is 6.30. The number of nitrogens with one attached hydrogen (secondary N) is 1. The number of fused-ring (bicyclic) bond motifs is 1. The Hall–Kier alpha value is -1.00. The second-order valence-electron chi connectivity index (χ2n) is 5.23. The Kier molecular flexibility index (Phi) is 3.31. The van der Waals surface area contributed by atoms with Crippen LogP contribution in [0.4, 0.5) is 11.5 Å². The Balaban J connectivity index is 1.72. The SMILES string of the molecule is Nc1cc(Cl)cnc1NC1CCN2CCCCC12. The molecule has 2 fully saturated rings. The number of aromatic nitrogens is 1. The van der Waals surface area contributed by atoms with Crippen LogP contribution in [-0.4, -0.2) is 35.1 Å². The monoisotopic (exact) mass is 266 g/mol. The van der Waals surface area contributed by atoms with Gasteiger partial charge >= 0.3 is 0 Å². The van der Waals surface area contributed by atoms with Crippen LogP contribution in [0.1, 0.15) is 25.7 Å². The highest BCUT2D eigenvalue weighted by atomic mass is 35.5. The fourth-order valence-electron chi connectivity index (χ4n) is 3.17. The third-order valence-corrected chi connectivity index (χ3v) is 4.27. The van der Waals surface area contributed by atoms with Crippen LogP contribution < -0.4 is 11.1 Å². The maximum atomic E-state index is 5.94. The van der Waals surface area contributed by atoms with E-state index >= 15 is 0 Å². The van der Waals surface area contributed by atoms with Crippen LogP contribution >= 0.6 is 11.6 Å². The molecule has 0 aromatic carbocycles. The summed E-state index contributed by atoms with van der Waals surface area (Å²) in [6.07, 6.45) is 6.78. The van der Waals surface area contributed by atoms with E-state index in [-0.39, 0.29) is 0 Å². The lowest BCUT2D eigenvalue weighted by atomic mass is 9.99. The van der Waals surface area contributed by atoms with Gasteiger partial charge in [-0.3, -0.25) is 4.90 Å². The Morgan fingerprint density at radius 1 is 1.33 bits per heavy atom. The van der Waals surface area contributed by atoms with E-state index in [1.165, 1.54) is 38.8 Å². The van der Waals surface area contributed by atoms with E-state index in [0.29, 0.717) is 22.8 Å². The molecule has 2 atom stereocenters. The highest BCUT2D eigenvalue weighted by Gasteiger charge is 2.35. The molecule has 3 heterocycles. The molecule has 4 nitrogen and oxygen atoms in total. The summed E-state index contributed by atoms with van der Waals surface area (Å²) in [5.74, 6) is 0.775. The Morgan fingerprint density at radius 3 is 3.06 bits per heavy atom. The minimum atomic E-state index is 0.473. The van der Waals surface area contributed by atoms with Gasteiger partial charge in [-0.25, -0.2) is 4.98 Å². The van der Waals surface area contributed by atoms with Crippen LogP contribution in [0, 0.1) is 0 Å². The van der Waals surface area contributed by atoms with Crippen molar-refractivity contribution < 1.29 is 0 Å². The lowest BCUT2D eigenvalue weighted by molar-refractivity contribution is 0.192. The minimum absolute atomic E-state index is 0.473. The fraction of sp³-hybridized carbons (Fsp3) is 0.615. The molecule has 0 spiro atoms. The topological polar surface area (TPSA) is 54.2 Å². The Bertz CT molecular complexity index is 437. The van der Waals surface area contributed by atoms with Crippen molar-refractivity contribution in [2.24, 2.45) is 0 Å². The average molecular weight is 267 g/mol. The Labute approximate surface area is 113 Å². The summed E-state index contributed by atoms with van der Waals surface area (Å²) in [6, 6.07) is 2.88. The predicted octanol–water partition coefficient (Wildman–Crippen LogP) is 2.36. The number of rotatable bonds is 2. The number of nitrogen functional groups attached to an aromatic ring is 1. The first-order valence-electron chi connectivity index (χ1n) is 6.65. The molecule has 1 aromatic heterocycles. The van der Waals surface area contributed by atoms with Crippen molar-refractivity contribution in [2.75, 3.05) is 24.1 Å². The number of hydrogen-bond donors (Lipinski definition) is 2. The van der Waals surface area contributed by atoms with Crippen LogP contribution in [0.25, 0.3) is 0 Å². The standard InChI is InChI=1S/C13H19ClN4/c14-9-7-10(15)13(16-8-9)17-11-4-6-18-5-2-1-3-12(11)18/h7-8,11-12H,1-6,15H2,(H,16,17). The first kappa shape index (κ1) is 12.1. The van der Waals surface area contributed by atoms with Crippen molar-refractivity contribution in [2.45, 2.75) is 37.8 Å². The van der Waals surface area contributed by atoms with Gasteiger partial charge in [-0.2, -0.15) is 0 Å². The van der Waals surface area contributed by atoms with Crippen molar-refractivity contribution in [1.29, 1.82) is 0 Å². The van der Waals surface area contributed by atoms with Gasteiger partial charge in [0.15, 0.2) is 0 Å². The summed E-state index contributed by atoms with van der Waals surface area (Å²) >= 11 is 5.87. The van der Waals surface area contributed by atoms with Crippen molar-refractivity contribution in [1.82, 2.24) is 9.88 Å². The molecule has 18 heavy (non-hydrogen) atoms. The van der Waals surface area contributed by atoms with Gasteiger partial charge < -0.3 is 11.1 Å². The fourth-order valence-corrected chi connectivity index (χ4v) is 3.33. The lowest BCUT2D eigenvalue weighted by Gasteiger charge is -2.32. The van der Waals surface area contributed by atoms with Gasteiger partial charge in [0.25, 0.3) is 0 Å². The molecule has 98 valence electrons. The van der Waals surface area contributed by atoms with Crippen molar-refractivity contribution in [3.05, 3.63) is 17.3 Å². The van der Waals surface area contributed by atoms with Gasteiger partial charge in [-0.05, 0) is 31.9 Å². The molecule has 0 aliphatic carbocycles. The van der Waals surface area contributed by atoms with Crippen LogP contribution in [0.3, 0.4) is 0 Å². The van der Waals surface area contributed by atoms with Gasteiger partial charge in [-0.15, -0.1) is 0 Å². The zero-order chi connectivity index (χ0) is 12.5. The number of piperidine rings is 1. The summed E-state index contributed by atoms with van der Waals surface area (Å²) in [7, 11) is 0. The molecule has 2 aliphatic heterocycles. The molecule has 2 unspecified atom stereocenters. The van der Waals surface area contributed by atoms with Crippen LogP contribution in [0.15, 0.2) is 12.3 Å². The number of halogens is 1. The first-order valence-corrected chi connectivity index (χ1v) is 7.03. The van der Waals surface area contributed by atoms with Gasteiger partial charge in [0.2, 0.25) is 0 Å². The summed E-state index contributed by atoms with van der Waals surface area (Å²) in [6.45, 7) is 2.43. The quantitative estimate of drug-likeness (QED) is 0.863. The Morgan fingerprint density at radius 2 is 2.22 bits per heavy atom. The molecule has 0 bridgehead atoms. The van der Waals surface area contributed by atoms with Crippen molar-refractivity contribution in [3.8, 4) is 0 Å². The molecule has 0 saturated carbocycles. The average Bonchev–Trinajstić information content (AvgIpc) is 2.76. The van der Waals surface area contributed by atoms with Gasteiger partial charge in [0, 0.05) is 24.8 Å². The van der Waals surface area contributed by atoms with Crippen molar-refractivity contribution in [3.63, 3.8) is 0 Å². The second-order valence-corrected chi connectivity index (χ2v) is 5.67. The van der Waals surface area contributed by atoms with E-state index in [1.54, 1.807) is 12.3 Å². The van der Waals surface area contributed by atoms with Crippen LogP contribution in [-0.2, 0) is 0 Å². The summed E-state index contributed by atoms with van der Waals surface area (Å²) in [4.78, 5) is 6.88. The van der Waals surface area contributed by atoms with E-state index in [2.05, 4.69) is 15.2 Å². The van der Waals surface area contributed by atoms with E-state index in [4.69, 9.17) is 17.3 Å². The highest BCUT2D eigenvalue weighted by Crippen LogP contribution is 2.30. The maximum absolute atomic E-state index is 5.94. The summed E-state index contributed by atoms with van der Waals surface area (Å²) in [5.41, 5.74) is 6.58. The number of hydrogen-bond acceptors (Lipinski definition) is 4. The third-order valence-electron chi connectivity index (χ3n) is 4.06. The smallest absolute Gasteiger partial charge is 0.149 e. The van der Waals surface area contributed by atoms with E-state index in [1.807, 2.05) is 0 Å². The molecule has 5 heteroatoms. The van der Waals surface area contributed by atoms with Crippen LogP contribution in [0.5, 0.6) is 0 Å². The molecule has 0 radical (unpaired) electrons.